The molecule has 1 N–H and O–H groups in total. The van der Waals surface area contributed by atoms with Crippen molar-refractivity contribution in [2.45, 2.75) is 0 Å². The largest absolute Gasteiger partial charge is 0.337 e. The van der Waals surface area contributed by atoms with Crippen LogP contribution < -0.4 is 5.32 Å². The van der Waals surface area contributed by atoms with Crippen LogP contribution in [0, 0.1) is 11.8 Å². The van der Waals surface area contributed by atoms with E-state index in [-0.39, 0.29) is 11.5 Å². The van der Waals surface area contributed by atoms with Crippen molar-refractivity contribution >= 4 is 27.4 Å². The number of nitrogens with zero attached hydrogens (tertiary/aromatic N) is 1. The first-order chi connectivity index (χ1) is 7.66. The number of anilines is 2. The monoisotopic (exact) mass is 284 g/mol. The summed E-state index contributed by atoms with van der Waals surface area (Å²) in [6, 6.07) is 8.85. The van der Waals surface area contributed by atoms with Gasteiger partial charge in [-0.15, -0.1) is 0 Å². The van der Waals surface area contributed by atoms with Gasteiger partial charge in [-0.1, -0.05) is 12.1 Å². The van der Waals surface area contributed by atoms with Crippen molar-refractivity contribution in [1.29, 1.82) is 0 Å². The summed E-state index contributed by atoms with van der Waals surface area (Å²) >= 11 is 3.20. The van der Waals surface area contributed by atoms with Gasteiger partial charge in [-0.25, -0.2) is 9.37 Å². The molecule has 0 saturated heterocycles. The van der Waals surface area contributed by atoms with Crippen molar-refractivity contribution in [3.8, 4) is 0 Å². The summed E-state index contributed by atoms with van der Waals surface area (Å²) in [5, 5.41) is 2.71. The topological polar surface area (TPSA) is 24.9 Å². The molecule has 0 amide bonds. The molecule has 2 aromatic rings. The van der Waals surface area contributed by atoms with Crippen molar-refractivity contribution in [2.24, 2.45) is 0 Å². The Bertz CT molecular complexity index is 497. The molecule has 0 aliphatic heterocycles. The van der Waals surface area contributed by atoms with Crippen LogP contribution in [0.15, 0.2) is 40.9 Å². The van der Waals surface area contributed by atoms with Crippen molar-refractivity contribution in [3.63, 3.8) is 0 Å². The fourth-order valence-electron chi connectivity index (χ4n) is 1.22. The maximum absolute atomic E-state index is 13.4. The van der Waals surface area contributed by atoms with Gasteiger partial charge in [0.05, 0.1) is 5.69 Å². The average molecular weight is 285 g/mol. The second-order valence-corrected chi connectivity index (χ2v) is 3.92. The number of aromatic nitrogens is 1. The Kier molecular flexibility index (Phi) is 3.14. The number of benzene rings is 1. The zero-order valence-corrected chi connectivity index (χ0v) is 9.63. The first kappa shape index (κ1) is 11.0. The van der Waals surface area contributed by atoms with E-state index in [1.54, 1.807) is 18.2 Å². The normalized spacial score (nSPS) is 10.2. The number of nitrogens with one attached hydrogen (secondary N) is 1. The third-order valence-electron chi connectivity index (χ3n) is 1.93. The average Bonchev–Trinajstić information content (AvgIpc) is 2.24. The lowest BCUT2D eigenvalue weighted by molar-refractivity contribution is 0.585. The molecule has 82 valence electrons. The lowest BCUT2D eigenvalue weighted by atomic mass is 10.3. The highest BCUT2D eigenvalue weighted by Gasteiger charge is 2.07. The van der Waals surface area contributed by atoms with Crippen LogP contribution in [0.4, 0.5) is 20.3 Å². The second kappa shape index (κ2) is 4.57. The molecule has 16 heavy (non-hydrogen) atoms. The summed E-state index contributed by atoms with van der Waals surface area (Å²) in [5.74, 6) is -0.788. The molecule has 0 aliphatic rings. The molecule has 1 aromatic heterocycles. The Labute approximate surface area is 99.5 Å². The van der Waals surface area contributed by atoms with E-state index in [1.807, 2.05) is 0 Å². The van der Waals surface area contributed by atoms with Crippen LogP contribution in [0.1, 0.15) is 0 Å². The summed E-state index contributed by atoms with van der Waals surface area (Å²) in [5.41, 5.74) is 0.237. The Morgan fingerprint density at radius 1 is 1.06 bits per heavy atom. The van der Waals surface area contributed by atoms with Crippen molar-refractivity contribution in [3.05, 3.63) is 52.6 Å². The van der Waals surface area contributed by atoms with Gasteiger partial charge in [0.1, 0.15) is 11.6 Å². The summed E-state index contributed by atoms with van der Waals surface area (Å²) in [6.07, 6.45) is 0. The molecular formula is C11H7BrF2N2. The van der Waals surface area contributed by atoms with E-state index in [9.17, 15) is 8.78 Å². The number of para-hydroxylation sites is 1. The van der Waals surface area contributed by atoms with Crippen molar-refractivity contribution in [2.75, 3.05) is 5.32 Å². The molecule has 0 bridgehead atoms. The predicted molar refractivity (Wildman–Crippen MR) is 61.6 cm³/mol. The minimum atomic E-state index is -0.613. The molecule has 0 aliphatic carbocycles. The minimum Gasteiger partial charge on any atom is -0.337 e. The van der Waals surface area contributed by atoms with Crippen molar-refractivity contribution < 1.29 is 8.78 Å². The van der Waals surface area contributed by atoms with Crippen molar-refractivity contribution in [1.82, 2.24) is 4.98 Å². The van der Waals surface area contributed by atoms with Crippen LogP contribution in [0.25, 0.3) is 0 Å². The molecule has 5 heteroatoms. The van der Waals surface area contributed by atoms with E-state index < -0.39 is 11.8 Å². The van der Waals surface area contributed by atoms with Crippen LogP contribution in [0.2, 0.25) is 0 Å². The lowest BCUT2D eigenvalue weighted by Gasteiger charge is -2.08. The number of halogens is 3. The molecule has 0 unspecified atom stereocenters. The predicted octanol–water partition coefficient (Wildman–Crippen LogP) is 3.87. The highest BCUT2D eigenvalue weighted by Crippen LogP contribution is 2.27. The van der Waals surface area contributed by atoms with Crippen LogP contribution in [-0.4, -0.2) is 4.98 Å². The Hall–Kier alpha value is -1.49. The summed E-state index contributed by atoms with van der Waals surface area (Å²) < 4.78 is 26.8. The molecule has 0 spiro atoms. The highest BCUT2D eigenvalue weighted by atomic mass is 79.9. The highest BCUT2D eigenvalue weighted by molar-refractivity contribution is 9.10. The van der Waals surface area contributed by atoms with Gasteiger partial charge in [0.15, 0.2) is 0 Å². The third-order valence-corrected chi connectivity index (χ3v) is 2.59. The Balaban J connectivity index is 2.34. The molecule has 2 nitrogen and oxygen atoms in total. The standard InChI is InChI=1S/C11H7BrF2N2/c12-7-3-1-4-8(13)11(7)16-10-6-2-5-9(14)15-10/h1-6H,(H,15,16). The molecule has 1 heterocycles. The third kappa shape index (κ3) is 2.36. The van der Waals surface area contributed by atoms with Crippen LogP contribution in [0.3, 0.4) is 0 Å². The van der Waals surface area contributed by atoms with E-state index >= 15 is 0 Å². The first-order valence-corrected chi connectivity index (χ1v) is 5.30. The Morgan fingerprint density at radius 2 is 1.81 bits per heavy atom. The molecule has 1 aromatic carbocycles. The van der Waals surface area contributed by atoms with Gasteiger partial charge >= 0.3 is 0 Å². The maximum Gasteiger partial charge on any atom is 0.214 e. The van der Waals surface area contributed by atoms with Gasteiger partial charge in [0.25, 0.3) is 0 Å². The lowest BCUT2D eigenvalue weighted by Crippen LogP contribution is -1.98. The van der Waals surface area contributed by atoms with Gasteiger partial charge in [0, 0.05) is 4.47 Å². The molecular weight excluding hydrogens is 278 g/mol. The van der Waals surface area contributed by atoms with Crippen LogP contribution >= 0.6 is 15.9 Å². The minimum absolute atomic E-state index is 0.237. The quantitative estimate of drug-likeness (QED) is 0.847. The Morgan fingerprint density at radius 3 is 2.50 bits per heavy atom. The fraction of sp³-hybridized carbons (Fsp3) is 0. The number of pyridine rings is 1. The molecule has 2 rings (SSSR count). The number of rotatable bonds is 2. The van der Waals surface area contributed by atoms with Gasteiger partial charge in [0.2, 0.25) is 5.95 Å². The van der Waals surface area contributed by atoms with E-state index in [0.717, 1.165) is 0 Å². The zero-order chi connectivity index (χ0) is 11.5. The molecule has 0 atom stereocenters. The summed E-state index contributed by atoms with van der Waals surface area (Å²) in [6.45, 7) is 0. The van der Waals surface area contributed by atoms with E-state index in [0.29, 0.717) is 4.47 Å². The molecule has 0 fully saturated rings. The van der Waals surface area contributed by atoms with Gasteiger partial charge in [-0.2, -0.15) is 4.39 Å². The zero-order valence-electron chi connectivity index (χ0n) is 8.05. The molecule has 0 saturated carbocycles. The van der Waals surface area contributed by atoms with Gasteiger partial charge in [-0.3, -0.25) is 0 Å². The van der Waals surface area contributed by atoms with E-state index in [4.69, 9.17) is 0 Å². The van der Waals surface area contributed by atoms with Crippen LogP contribution in [-0.2, 0) is 0 Å². The smallest absolute Gasteiger partial charge is 0.214 e. The fourth-order valence-corrected chi connectivity index (χ4v) is 1.66. The first-order valence-electron chi connectivity index (χ1n) is 4.50. The number of hydrogen-bond acceptors (Lipinski definition) is 2. The summed E-state index contributed by atoms with van der Waals surface area (Å²) in [7, 11) is 0. The maximum atomic E-state index is 13.4. The van der Waals surface area contributed by atoms with Gasteiger partial charge in [-0.05, 0) is 40.2 Å². The SMILES string of the molecule is Fc1cccc(Nc2c(F)cccc2Br)n1. The van der Waals surface area contributed by atoms with Gasteiger partial charge < -0.3 is 5.32 Å². The van der Waals surface area contributed by atoms with E-state index in [1.165, 1.54) is 18.2 Å². The summed E-state index contributed by atoms with van der Waals surface area (Å²) in [4.78, 5) is 3.59. The molecule has 0 radical (unpaired) electrons. The number of hydrogen-bond donors (Lipinski definition) is 1. The second-order valence-electron chi connectivity index (χ2n) is 3.07. The van der Waals surface area contributed by atoms with Crippen LogP contribution in [0.5, 0.6) is 0 Å². The van der Waals surface area contributed by atoms with E-state index in [2.05, 4.69) is 26.2 Å².